The van der Waals surface area contributed by atoms with E-state index in [1.54, 1.807) is 31.2 Å². The third kappa shape index (κ3) is 5.00. The molecule has 10 nitrogen and oxygen atoms in total. The van der Waals surface area contributed by atoms with Gasteiger partial charge in [0.1, 0.15) is 0 Å². The predicted molar refractivity (Wildman–Crippen MR) is 109 cm³/mol. The summed E-state index contributed by atoms with van der Waals surface area (Å²) in [6.07, 6.45) is 0. The molecule has 10 heteroatoms. The van der Waals surface area contributed by atoms with Gasteiger partial charge in [-0.25, -0.2) is 9.48 Å². The van der Waals surface area contributed by atoms with Gasteiger partial charge < -0.3 is 10.1 Å². The van der Waals surface area contributed by atoms with Crippen LogP contribution in [0.4, 0.5) is 5.69 Å². The zero-order valence-corrected chi connectivity index (χ0v) is 16.2. The smallest absolute Gasteiger partial charge is 0.359 e. The second kappa shape index (κ2) is 9.85. The number of aromatic nitrogens is 3. The lowest BCUT2D eigenvalue weighted by Crippen LogP contribution is -2.20. The highest BCUT2D eigenvalue weighted by atomic mass is 16.5. The van der Waals surface area contributed by atoms with Crippen molar-refractivity contribution >= 4 is 17.6 Å². The SMILES string of the molecule is CCOC(=O)c1c(C(=O)Nc2ccccc2)nnn1Cc1ccc(CN=[N+]=[N-])cc1. The summed E-state index contributed by atoms with van der Waals surface area (Å²) >= 11 is 0. The number of benzene rings is 2. The topological polar surface area (TPSA) is 135 Å². The Morgan fingerprint density at radius 2 is 1.83 bits per heavy atom. The van der Waals surface area contributed by atoms with E-state index in [0.29, 0.717) is 5.69 Å². The minimum atomic E-state index is -0.680. The standard InChI is InChI=1S/C20H19N7O3/c1-2-30-20(29)18-17(19(28)23-16-6-4-3-5-7-16)24-26-27(18)13-15-10-8-14(9-11-15)12-22-25-21/h3-11H,2,12-13H2,1H3,(H,23,28). The van der Waals surface area contributed by atoms with Gasteiger partial charge in [0.05, 0.1) is 19.7 Å². The van der Waals surface area contributed by atoms with Crippen LogP contribution in [0, 0.1) is 0 Å². The van der Waals surface area contributed by atoms with E-state index in [9.17, 15) is 9.59 Å². The summed E-state index contributed by atoms with van der Waals surface area (Å²) in [5.74, 6) is -1.24. The van der Waals surface area contributed by atoms with Crippen LogP contribution in [0.25, 0.3) is 10.4 Å². The molecule has 0 atom stereocenters. The molecule has 0 aliphatic rings. The van der Waals surface area contributed by atoms with Gasteiger partial charge >= 0.3 is 5.97 Å². The second-order valence-corrected chi connectivity index (χ2v) is 6.19. The Kier molecular flexibility index (Phi) is 6.75. The Morgan fingerprint density at radius 1 is 1.13 bits per heavy atom. The van der Waals surface area contributed by atoms with E-state index in [4.69, 9.17) is 10.3 Å². The molecule has 0 aliphatic carbocycles. The molecule has 0 aliphatic heterocycles. The average Bonchev–Trinajstić information content (AvgIpc) is 3.18. The molecular weight excluding hydrogens is 386 g/mol. The van der Waals surface area contributed by atoms with E-state index in [1.807, 2.05) is 30.3 Å². The second-order valence-electron chi connectivity index (χ2n) is 6.19. The number of esters is 1. The van der Waals surface area contributed by atoms with E-state index in [2.05, 4.69) is 25.7 Å². The molecule has 1 N–H and O–H groups in total. The molecule has 3 rings (SSSR count). The van der Waals surface area contributed by atoms with Gasteiger partial charge in [-0.1, -0.05) is 52.8 Å². The summed E-state index contributed by atoms with van der Waals surface area (Å²) in [4.78, 5) is 27.9. The molecule has 1 amide bonds. The fourth-order valence-electron chi connectivity index (χ4n) is 2.73. The number of carbonyl (C=O) groups excluding carboxylic acids is 2. The Bertz CT molecular complexity index is 1070. The van der Waals surface area contributed by atoms with Gasteiger partial charge in [0, 0.05) is 10.6 Å². The number of rotatable bonds is 8. The zero-order valence-electron chi connectivity index (χ0n) is 16.2. The third-order valence-electron chi connectivity index (χ3n) is 4.12. The minimum absolute atomic E-state index is 0.0246. The first kappa shape index (κ1) is 20.6. The summed E-state index contributed by atoms with van der Waals surface area (Å²) in [7, 11) is 0. The molecule has 1 heterocycles. The van der Waals surface area contributed by atoms with Crippen LogP contribution in [-0.2, 0) is 17.8 Å². The van der Waals surface area contributed by atoms with Crippen molar-refractivity contribution in [3.05, 3.63) is 87.6 Å². The van der Waals surface area contributed by atoms with Gasteiger partial charge in [0.2, 0.25) is 0 Å². The molecule has 0 unspecified atom stereocenters. The lowest BCUT2D eigenvalue weighted by atomic mass is 10.1. The van der Waals surface area contributed by atoms with Gasteiger partial charge in [-0.05, 0) is 35.7 Å². The Labute approximate surface area is 172 Å². The first-order valence-corrected chi connectivity index (χ1v) is 9.18. The Hall–Kier alpha value is -4.17. The van der Waals surface area contributed by atoms with Gasteiger partial charge in [-0.3, -0.25) is 4.79 Å². The molecule has 0 radical (unpaired) electrons. The number of para-hydroxylation sites is 1. The third-order valence-corrected chi connectivity index (χ3v) is 4.12. The van der Waals surface area contributed by atoms with Crippen LogP contribution in [0.2, 0.25) is 0 Å². The predicted octanol–water partition coefficient (Wildman–Crippen LogP) is 3.57. The normalized spacial score (nSPS) is 10.2. The quantitative estimate of drug-likeness (QED) is 0.264. The average molecular weight is 405 g/mol. The van der Waals surface area contributed by atoms with Gasteiger partial charge in [0.25, 0.3) is 5.91 Å². The van der Waals surface area contributed by atoms with E-state index >= 15 is 0 Å². The largest absolute Gasteiger partial charge is 0.461 e. The maximum absolute atomic E-state index is 12.7. The fourth-order valence-corrected chi connectivity index (χ4v) is 2.73. The lowest BCUT2D eigenvalue weighted by Gasteiger charge is -2.08. The van der Waals surface area contributed by atoms with Crippen molar-refractivity contribution in [2.75, 3.05) is 11.9 Å². The maximum atomic E-state index is 12.7. The van der Waals surface area contributed by atoms with Crippen LogP contribution in [0.3, 0.4) is 0 Å². The molecule has 0 spiro atoms. The summed E-state index contributed by atoms with van der Waals surface area (Å²) in [5.41, 5.74) is 10.5. The Balaban J connectivity index is 1.86. The molecule has 0 fully saturated rings. The number of hydrogen-bond acceptors (Lipinski definition) is 6. The number of nitrogens with zero attached hydrogens (tertiary/aromatic N) is 6. The van der Waals surface area contributed by atoms with Crippen molar-refractivity contribution in [3.8, 4) is 0 Å². The number of carbonyl (C=O) groups is 2. The van der Waals surface area contributed by atoms with Crippen LogP contribution < -0.4 is 5.32 Å². The summed E-state index contributed by atoms with van der Waals surface area (Å²) < 4.78 is 6.44. The van der Waals surface area contributed by atoms with Crippen molar-refractivity contribution in [2.24, 2.45) is 5.11 Å². The molecule has 2 aromatic carbocycles. The Morgan fingerprint density at radius 3 is 2.50 bits per heavy atom. The van der Waals surface area contributed by atoms with Crippen molar-refractivity contribution < 1.29 is 14.3 Å². The summed E-state index contributed by atoms with van der Waals surface area (Å²) in [5, 5.41) is 14.1. The number of hydrogen-bond donors (Lipinski definition) is 1. The highest BCUT2D eigenvalue weighted by Gasteiger charge is 2.26. The molecule has 3 aromatic rings. The first-order valence-electron chi connectivity index (χ1n) is 9.18. The van der Waals surface area contributed by atoms with Crippen LogP contribution in [0.5, 0.6) is 0 Å². The summed E-state index contributed by atoms with van der Waals surface area (Å²) in [6, 6.07) is 16.1. The lowest BCUT2D eigenvalue weighted by molar-refractivity contribution is 0.0509. The maximum Gasteiger partial charge on any atom is 0.359 e. The van der Waals surface area contributed by atoms with Gasteiger partial charge in [-0.15, -0.1) is 5.10 Å². The molecular formula is C20H19N7O3. The number of nitrogens with one attached hydrogen (secondary N) is 1. The number of amides is 1. The van der Waals surface area contributed by atoms with E-state index in [0.717, 1.165) is 11.1 Å². The summed E-state index contributed by atoms with van der Waals surface area (Å²) in [6.45, 7) is 2.29. The molecule has 0 saturated heterocycles. The number of anilines is 1. The fraction of sp³-hybridized carbons (Fsp3) is 0.200. The van der Waals surface area contributed by atoms with Crippen molar-refractivity contribution in [1.29, 1.82) is 0 Å². The molecule has 0 saturated carbocycles. The van der Waals surface area contributed by atoms with Gasteiger partial charge in [0.15, 0.2) is 11.4 Å². The van der Waals surface area contributed by atoms with Crippen molar-refractivity contribution in [3.63, 3.8) is 0 Å². The van der Waals surface area contributed by atoms with Crippen LogP contribution in [0.1, 0.15) is 39.0 Å². The van der Waals surface area contributed by atoms with Crippen molar-refractivity contribution in [2.45, 2.75) is 20.0 Å². The monoisotopic (exact) mass is 405 g/mol. The number of ether oxygens (including phenoxy) is 1. The van der Waals surface area contributed by atoms with E-state index in [1.165, 1.54) is 4.68 Å². The molecule has 152 valence electrons. The van der Waals surface area contributed by atoms with Crippen LogP contribution in [0.15, 0.2) is 59.7 Å². The van der Waals surface area contributed by atoms with Crippen molar-refractivity contribution in [1.82, 2.24) is 15.0 Å². The van der Waals surface area contributed by atoms with Crippen LogP contribution >= 0.6 is 0 Å². The van der Waals surface area contributed by atoms with Gasteiger partial charge in [-0.2, -0.15) is 0 Å². The molecule has 0 bridgehead atoms. The molecule has 30 heavy (non-hydrogen) atoms. The highest BCUT2D eigenvalue weighted by Crippen LogP contribution is 2.15. The highest BCUT2D eigenvalue weighted by molar-refractivity contribution is 6.08. The molecule has 1 aromatic heterocycles. The minimum Gasteiger partial charge on any atom is -0.461 e. The number of azide groups is 1. The zero-order chi connectivity index (χ0) is 21.3. The van der Waals surface area contributed by atoms with E-state index < -0.39 is 11.9 Å². The van der Waals surface area contributed by atoms with E-state index in [-0.39, 0.29) is 31.1 Å². The van der Waals surface area contributed by atoms with Crippen LogP contribution in [-0.4, -0.2) is 33.5 Å². The first-order chi connectivity index (χ1) is 14.6.